The molecule has 108 valence electrons. The maximum absolute atomic E-state index is 14.0. The van der Waals surface area contributed by atoms with Crippen molar-refractivity contribution >= 4 is 5.69 Å². The SMILES string of the molecule is CCc1ccc(C(CC)Nc2ccc(C#N)cc2F)cc1. The zero-order valence-electron chi connectivity index (χ0n) is 12.4. The third-order valence-electron chi connectivity index (χ3n) is 3.63. The average molecular weight is 282 g/mol. The van der Waals surface area contributed by atoms with Gasteiger partial charge in [0, 0.05) is 0 Å². The van der Waals surface area contributed by atoms with Gasteiger partial charge in [-0.05, 0) is 42.2 Å². The number of hydrogen-bond donors (Lipinski definition) is 1. The number of anilines is 1. The zero-order chi connectivity index (χ0) is 15.2. The highest BCUT2D eigenvalue weighted by atomic mass is 19.1. The predicted molar refractivity (Wildman–Crippen MR) is 83.6 cm³/mol. The van der Waals surface area contributed by atoms with E-state index in [-0.39, 0.29) is 6.04 Å². The van der Waals surface area contributed by atoms with Gasteiger partial charge in [0.05, 0.1) is 23.4 Å². The molecule has 1 atom stereocenters. The highest BCUT2D eigenvalue weighted by Gasteiger charge is 2.12. The van der Waals surface area contributed by atoms with Gasteiger partial charge in [0.25, 0.3) is 0 Å². The summed E-state index contributed by atoms with van der Waals surface area (Å²) < 4.78 is 14.0. The molecule has 0 saturated carbocycles. The lowest BCUT2D eigenvalue weighted by Gasteiger charge is -2.19. The normalized spacial score (nSPS) is 11.7. The Balaban J connectivity index is 2.20. The Bertz CT molecular complexity index is 641. The number of benzene rings is 2. The fourth-order valence-corrected chi connectivity index (χ4v) is 2.30. The van der Waals surface area contributed by atoms with Crippen LogP contribution in [0.5, 0.6) is 0 Å². The number of halogens is 1. The van der Waals surface area contributed by atoms with Gasteiger partial charge in [-0.3, -0.25) is 0 Å². The van der Waals surface area contributed by atoms with Crippen molar-refractivity contribution in [2.45, 2.75) is 32.7 Å². The van der Waals surface area contributed by atoms with Gasteiger partial charge in [-0.25, -0.2) is 4.39 Å². The topological polar surface area (TPSA) is 35.8 Å². The summed E-state index contributed by atoms with van der Waals surface area (Å²) in [4.78, 5) is 0. The fourth-order valence-electron chi connectivity index (χ4n) is 2.30. The monoisotopic (exact) mass is 282 g/mol. The second-order valence-corrected chi connectivity index (χ2v) is 5.01. The highest BCUT2D eigenvalue weighted by molar-refractivity contribution is 5.50. The summed E-state index contributed by atoms with van der Waals surface area (Å²) in [6.07, 6.45) is 1.86. The molecule has 0 fully saturated rings. The number of nitrogens with one attached hydrogen (secondary N) is 1. The molecular weight excluding hydrogens is 263 g/mol. The third kappa shape index (κ3) is 3.61. The molecule has 0 saturated heterocycles. The molecule has 0 radical (unpaired) electrons. The Kier molecular flexibility index (Phi) is 4.94. The Morgan fingerprint density at radius 2 is 1.86 bits per heavy atom. The van der Waals surface area contributed by atoms with Crippen LogP contribution in [0.25, 0.3) is 0 Å². The third-order valence-corrected chi connectivity index (χ3v) is 3.63. The lowest BCUT2D eigenvalue weighted by Crippen LogP contribution is -2.11. The van der Waals surface area contributed by atoms with E-state index in [1.807, 2.05) is 6.07 Å². The van der Waals surface area contributed by atoms with Crippen molar-refractivity contribution in [3.05, 3.63) is 65.0 Å². The molecule has 0 heterocycles. The molecule has 2 aromatic rings. The smallest absolute Gasteiger partial charge is 0.147 e. The van der Waals surface area contributed by atoms with Gasteiger partial charge in [0.2, 0.25) is 0 Å². The molecule has 21 heavy (non-hydrogen) atoms. The summed E-state index contributed by atoms with van der Waals surface area (Å²) in [5, 5.41) is 12.0. The van der Waals surface area contributed by atoms with E-state index < -0.39 is 5.82 Å². The second-order valence-electron chi connectivity index (χ2n) is 5.01. The summed E-state index contributed by atoms with van der Waals surface area (Å²) in [6, 6.07) is 14.9. The van der Waals surface area contributed by atoms with Gasteiger partial charge >= 0.3 is 0 Å². The maximum atomic E-state index is 14.0. The lowest BCUT2D eigenvalue weighted by atomic mass is 10.0. The highest BCUT2D eigenvalue weighted by Crippen LogP contribution is 2.25. The van der Waals surface area contributed by atoms with Crippen LogP contribution in [-0.4, -0.2) is 0 Å². The van der Waals surface area contributed by atoms with Crippen molar-refractivity contribution in [1.29, 1.82) is 5.26 Å². The molecule has 0 bridgehead atoms. The van der Waals surface area contributed by atoms with E-state index in [0.29, 0.717) is 11.3 Å². The van der Waals surface area contributed by atoms with Crippen LogP contribution in [0.3, 0.4) is 0 Å². The molecule has 1 N–H and O–H groups in total. The van der Waals surface area contributed by atoms with E-state index >= 15 is 0 Å². The van der Waals surface area contributed by atoms with Crippen molar-refractivity contribution in [3.63, 3.8) is 0 Å². The minimum atomic E-state index is -0.391. The van der Waals surface area contributed by atoms with E-state index in [9.17, 15) is 4.39 Å². The maximum Gasteiger partial charge on any atom is 0.147 e. The molecule has 0 amide bonds. The summed E-state index contributed by atoms with van der Waals surface area (Å²) >= 11 is 0. The van der Waals surface area contributed by atoms with Crippen LogP contribution in [0, 0.1) is 17.1 Å². The number of rotatable bonds is 5. The summed E-state index contributed by atoms with van der Waals surface area (Å²) in [7, 11) is 0. The molecule has 0 aliphatic carbocycles. The van der Waals surface area contributed by atoms with E-state index in [0.717, 1.165) is 18.4 Å². The first-order valence-corrected chi connectivity index (χ1v) is 7.23. The van der Waals surface area contributed by atoms with E-state index in [2.05, 4.69) is 43.4 Å². The van der Waals surface area contributed by atoms with E-state index in [1.165, 1.54) is 11.6 Å². The van der Waals surface area contributed by atoms with Gasteiger partial charge < -0.3 is 5.32 Å². The second kappa shape index (κ2) is 6.90. The largest absolute Gasteiger partial charge is 0.376 e. The Morgan fingerprint density at radius 1 is 1.14 bits per heavy atom. The lowest BCUT2D eigenvalue weighted by molar-refractivity contribution is 0.623. The Hall–Kier alpha value is -2.34. The van der Waals surface area contributed by atoms with Crippen LogP contribution in [0.2, 0.25) is 0 Å². The number of nitrogens with zero attached hydrogens (tertiary/aromatic N) is 1. The fraction of sp³-hybridized carbons (Fsp3) is 0.278. The molecule has 0 spiro atoms. The van der Waals surface area contributed by atoms with Gasteiger partial charge in [0.1, 0.15) is 5.82 Å². The first-order valence-electron chi connectivity index (χ1n) is 7.23. The molecule has 0 aliphatic heterocycles. The summed E-state index contributed by atoms with van der Waals surface area (Å²) in [5.41, 5.74) is 3.19. The number of hydrogen-bond acceptors (Lipinski definition) is 2. The number of aryl methyl sites for hydroxylation is 1. The van der Waals surface area contributed by atoms with Crippen molar-refractivity contribution in [2.24, 2.45) is 0 Å². The van der Waals surface area contributed by atoms with Crippen molar-refractivity contribution < 1.29 is 4.39 Å². The Labute approximate surface area is 125 Å². The predicted octanol–water partition coefficient (Wildman–Crippen LogP) is 4.82. The van der Waals surface area contributed by atoms with E-state index in [1.54, 1.807) is 12.1 Å². The Morgan fingerprint density at radius 3 is 2.38 bits per heavy atom. The molecular formula is C18H19FN2. The first-order chi connectivity index (χ1) is 10.2. The van der Waals surface area contributed by atoms with Crippen LogP contribution in [0.4, 0.5) is 10.1 Å². The van der Waals surface area contributed by atoms with E-state index in [4.69, 9.17) is 5.26 Å². The molecule has 3 heteroatoms. The van der Waals surface area contributed by atoms with Crippen LogP contribution in [0.15, 0.2) is 42.5 Å². The first kappa shape index (κ1) is 15.1. The molecule has 2 aromatic carbocycles. The average Bonchev–Trinajstić information content (AvgIpc) is 2.54. The van der Waals surface area contributed by atoms with Crippen LogP contribution in [0.1, 0.15) is 43.0 Å². The zero-order valence-corrected chi connectivity index (χ0v) is 12.4. The van der Waals surface area contributed by atoms with Gasteiger partial charge in [-0.2, -0.15) is 5.26 Å². The van der Waals surface area contributed by atoms with Crippen molar-refractivity contribution in [3.8, 4) is 6.07 Å². The van der Waals surface area contributed by atoms with Crippen LogP contribution in [-0.2, 0) is 6.42 Å². The quantitative estimate of drug-likeness (QED) is 0.853. The molecule has 0 aromatic heterocycles. The molecule has 2 rings (SSSR count). The summed E-state index contributed by atoms with van der Waals surface area (Å²) in [5.74, 6) is -0.391. The summed E-state index contributed by atoms with van der Waals surface area (Å²) in [6.45, 7) is 4.18. The van der Waals surface area contributed by atoms with Crippen LogP contribution < -0.4 is 5.32 Å². The minimum Gasteiger partial charge on any atom is -0.376 e. The van der Waals surface area contributed by atoms with Gasteiger partial charge in [-0.1, -0.05) is 38.1 Å². The standard InChI is InChI=1S/C18H19FN2/c1-3-13-5-8-15(9-6-13)17(4-2)21-18-10-7-14(12-20)11-16(18)19/h5-11,17,21H,3-4H2,1-2H3. The van der Waals surface area contributed by atoms with Crippen molar-refractivity contribution in [2.75, 3.05) is 5.32 Å². The molecule has 0 aliphatic rings. The van der Waals surface area contributed by atoms with Gasteiger partial charge in [0.15, 0.2) is 0 Å². The molecule has 1 unspecified atom stereocenters. The van der Waals surface area contributed by atoms with Crippen LogP contribution >= 0.6 is 0 Å². The minimum absolute atomic E-state index is 0.0540. The molecule has 2 nitrogen and oxygen atoms in total. The van der Waals surface area contributed by atoms with Crippen molar-refractivity contribution in [1.82, 2.24) is 0 Å². The number of nitriles is 1. The van der Waals surface area contributed by atoms with Gasteiger partial charge in [-0.15, -0.1) is 0 Å².